The highest BCUT2D eigenvalue weighted by Gasteiger charge is 2.34. The molecule has 0 amide bonds. The molecule has 1 N–H and O–H groups in total. The Morgan fingerprint density at radius 1 is 1.31 bits per heavy atom. The summed E-state index contributed by atoms with van der Waals surface area (Å²) >= 11 is 5.67. The Labute approximate surface area is 93.0 Å². The molecular weight excluding hydrogens is 243 g/mol. The molecule has 0 aliphatic carbocycles. The third kappa shape index (κ3) is 1.57. The summed E-state index contributed by atoms with van der Waals surface area (Å²) in [6.07, 6.45) is -2.78. The molecule has 1 heterocycles. The topological polar surface area (TPSA) is 32.9 Å². The molecule has 0 atom stereocenters. The van der Waals surface area contributed by atoms with Crippen LogP contribution in [0.5, 0.6) is 0 Å². The zero-order valence-electron chi connectivity index (χ0n) is 7.73. The molecule has 2 rings (SSSR count). The number of fused-ring (bicyclic) bond motifs is 1. The quantitative estimate of drug-likeness (QED) is 0.767. The van der Waals surface area contributed by atoms with Gasteiger partial charge in [-0.05, 0) is 12.1 Å². The van der Waals surface area contributed by atoms with Gasteiger partial charge >= 0.3 is 6.18 Å². The van der Waals surface area contributed by atoms with Gasteiger partial charge < -0.3 is 4.98 Å². The molecule has 0 aliphatic rings. The summed E-state index contributed by atoms with van der Waals surface area (Å²) in [5.41, 5.74) is -0.593. The Morgan fingerprint density at radius 3 is 2.56 bits per heavy atom. The molecule has 0 saturated carbocycles. The number of rotatable bonds is 1. The van der Waals surface area contributed by atoms with Gasteiger partial charge in [0, 0.05) is 17.1 Å². The lowest BCUT2D eigenvalue weighted by molar-refractivity contribution is -0.136. The number of hydrogen-bond donors (Lipinski definition) is 1. The van der Waals surface area contributed by atoms with Gasteiger partial charge in [-0.25, -0.2) is 0 Å². The van der Waals surface area contributed by atoms with E-state index in [0.29, 0.717) is 6.29 Å². The van der Waals surface area contributed by atoms with Crippen LogP contribution in [0.4, 0.5) is 13.2 Å². The van der Waals surface area contributed by atoms with Gasteiger partial charge in [-0.3, -0.25) is 4.79 Å². The summed E-state index contributed by atoms with van der Waals surface area (Å²) in [4.78, 5) is 13.2. The average molecular weight is 248 g/mol. The summed E-state index contributed by atoms with van der Waals surface area (Å²) in [6.45, 7) is 0. The van der Waals surface area contributed by atoms with Crippen molar-refractivity contribution in [3.05, 3.63) is 34.5 Å². The number of carbonyl (C=O) groups is 1. The molecule has 0 saturated heterocycles. The van der Waals surface area contributed by atoms with E-state index in [1.54, 1.807) is 0 Å². The SMILES string of the molecule is O=Cc1ccc(C(F)(F)F)c2c(Cl)c[nH]c12. The van der Waals surface area contributed by atoms with Crippen LogP contribution >= 0.6 is 11.6 Å². The van der Waals surface area contributed by atoms with Crippen molar-refractivity contribution < 1.29 is 18.0 Å². The van der Waals surface area contributed by atoms with E-state index in [9.17, 15) is 18.0 Å². The molecule has 0 radical (unpaired) electrons. The molecule has 2 nitrogen and oxygen atoms in total. The number of carbonyl (C=O) groups excluding carboxylic acids is 1. The van der Waals surface area contributed by atoms with E-state index in [-0.39, 0.29) is 21.5 Å². The highest BCUT2D eigenvalue weighted by molar-refractivity contribution is 6.36. The maximum atomic E-state index is 12.7. The minimum absolute atomic E-state index is 0.0500. The summed E-state index contributed by atoms with van der Waals surface area (Å²) < 4.78 is 38.0. The van der Waals surface area contributed by atoms with Crippen molar-refractivity contribution in [2.75, 3.05) is 0 Å². The Balaban J connectivity index is 2.88. The predicted octanol–water partition coefficient (Wildman–Crippen LogP) is 3.65. The second-order valence-corrected chi connectivity index (χ2v) is 3.61. The van der Waals surface area contributed by atoms with E-state index in [2.05, 4.69) is 4.98 Å². The molecule has 0 aliphatic heterocycles. The minimum atomic E-state index is -4.49. The summed E-state index contributed by atoms with van der Waals surface area (Å²) in [5, 5.41) is -0.218. The zero-order chi connectivity index (χ0) is 11.9. The standard InChI is InChI=1S/C10H5ClF3NO/c11-7-3-15-9-5(4-16)1-2-6(8(7)9)10(12,13)14/h1-4,15H. The first kappa shape index (κ1) is 11.0. The van der Waals surface area contributed by atoms with E-state index >= 15 is 0 Å². The molecule has 6 heteroatoms. The number of aldehydes is 1. The number of aromatic amines is 1. The van der Waals surface area contributed by atoms with Crippen LogP contribution in [0.3, 0.4) is 0 Å². The lowest BCUT2D eigenvalue weighted by Gasteiger charge is -2.09. The fourth-order valence-corrected chi connectivity index (χ4v) is 1.82. The van der Waals surface area contributed by atoms with Crippen LogP contribution in [0.15, 0.2) is 18.3 Å². The molecule has 0 unspecified atom stereocenters. The fourth-order valence-electron chi connectivity index (χ4n) is 1.56. The summed E-state index contributed by atoms with van der Waals surface area (Å²) in [7, 11) is 0. The Morgan fingerprint density at radius 2 is 2.00 bits per heavy atom. The second-order valence-electron chi connectivity index (χ2n) is 3.20. The number of alkyl halides is 3. The smallest absolute Gasteiger partial charge is 0.359 e. The van der Waals surface area contributed by atoms with Gasteiger partial charge in [-0.2, -0.15) is 13.2 Å². The Bertz CT molecular complexity index is 559. The minimum Gasteiger partial charge on any atom is -0.359 e. The number of halogens is 4. The Kier molecular flexibility index (Phi) is 2.42. The van der Waals surface area contributed by atoms with Crippen LogP contribution in [0.25, 0.3) is 10.9 Å². The van der Waals surface area contributed by atoms with Gasteiger partial charge in [-0.1, -0.05) is 11.6 Å². The predicted molar refractivity (Wildman–Crippen MR) is 53.7 cm³/mol. The number of nitrogens with one attached hydrogen (secondary N) is 1. The van der Waals surface area contributed by atoms with Crippen molar-refractivity contribution >= 4 is 28.8 Å². The zero-order valence-corrected chi connectivity index (χ0v) is 8.49. The van der Waals surface area contributed by atoms with E-state index in [0.717, 1.165) is 12.1 Å². The molecule has 84 valence electrons. The van der Waals surface area contributed by atoms with E-state index in [4.69, 9.17) is 11.6 Å². The lowest BCUT2D eigenvalue weighted by Crippen LogP contribution is -2.06. The van der Waals surface area contributed by atoms with Crippen molar-refractivity contribution in [2.45, 2.75) is 6.18 Å². The van der Waals surface area contributed by atoms with Gasteiger partial charge in [0.1, 0.15) is 0 Å². The van der Waals surface area contributed by atoms with E-state index in [1.165, 1.54) is 6.20 Å². The van der Waals surface area contributed by atoms with E-state index < -0.39 is 11.7 Å². The third-order valence-electron chi connectivity index (χ3n) is 2.25. The molecular formula is C10H5ClF3NO. The maximum absolute atomic E-state index is 12.7. The van der Waals surface area contributed by atoms with Crippen LogP contribution in [0.2, 0.25) is 5.02 Å². The first-order valence-corrected chi connectivity index (χ1v) is 4.65. The van der Waals surface area contributed by atoms with Crippen molar-refractivity contribution in [1.29, 1.82) is 0 Å². The molecule has 1 aromatic carbocycles. The average Bonchev–Trinajstić information content (AvgIpc) is 2.58. The lowest BCUT2D eigenvalue weighted by atomic mass is 10.1. The second kappa shape index (κ2) is 3.52. The van der Waals surface area contributed by atoms with Gasteiger partial charge in [0.2, 0.25) is 0 Å². The van der Waals surface area contributed by atoms with Crippen LogP contribution in [0.1, 0.15) is 15.9 Å². The van der Waals surface area contributed by atoms with Gasteiger partial charge in [-0.15, -0.1) is 0 Å². The van der Waals surface area contributed by atoms with E-state index in [1.807, 2.05) is 0 Å². The molecule has 2 aromatic rings. The fraction of sp³-hybridized carbons (Fsp3) is 0.100. The molecule has 0 fully saturated rings. The summed E-state index contributed by atoms with van der Waals surface area (Å²) in [5.74, 6) is 0. The van der Waals surface area contributed by atoms with Gasteiger partial charge in [0.05, 0.1) is 16.1 Å². The number of H-pyrrole nitrogens is 1. The molecule has 0 bridgehead atoms. The third-order valence-corrected chi connectivity index (χ3v) is 2.55. The van der Waals surface area contributed by atoms with Crippen LogP contribution in [0, 0.1) is 0 Å². The molecule has 16 heavy (non-hydrogen) atoms. The largest absolute Gasteiger partial charge is 0.417 e. The number of aromatic nitrogens is 1. The highest BCUT2D eigenvalue weighted by atomic mass is 35.5. The van der Waals surface area contributed by atoms with Crippen molar-refractivity contribution in [3.63, 3.8) is 0 Å². The first-order chi connectivity index (χ1) is 7.45. The highest BCUT2D eigenvalue weighted by Crippen LogP contribution is 2.38. The van der Waals surface area contributed by atoms with Gasteiger partial charge in [0.15, 0.2) is 6.29 Å². The Hall–Kier alpha value is -1.49. The number of benzene rings is 1. The van der Waals surface area contributed by atoms with Crippen LogP contribution in [-0.2, 0) is 6.18 Å². The van der Waals surface area contributed by atoms with Crippen molar-refractivity contribution in [2.24, 2.45) is 0 Å². The van der Waals surface area contributed by atoms with Crippen LogP contribution in [-0.4, -0.2) is 11.3 Å². The van der Waals surface area contributed by atoms with Gasteiger partial charge in [0.25, 0.3) is 0 Å². The number of hydrogen-bond acceptors (Lipinski definition) is 1. The normalized spacial score (nSPS) is 12.0. The van der Waals surface area contributed by atoms with Crippen molar-refractivity contribution in [3.8, 4) is 0 Å². The summed E-state index contributed by atoms with van der Waals surface area (Å²) in [6, 6.07) is 1.97. The van der Waals surface area contributed by atoms with Crippen molar-refractivity contribution in [1.82, 2.24) is 4.98 Å². The molecule has 0 spiro atoms. The van der Waals surface area contributed by atoms with Crippen LogP contribution < -0.4 is 0 Å². The molecule has 1 aromatic heterocycles. The first-order valence-electron chi connectivity index (χ1n) is 4.27. The maximum Gasteiger partial charge on any atom is 0.417 e. The monoisotopic (exact) mass is 247 g/mol.